The van der Waals surface area contributed by atoms with Gasteiger partial charge in [-0.05, 0) is 36.9 Å². The Hall–Kier alpha value is -2.04. The molecule has 2 aromatic rings. The minimum atomic E-state index is -0.628. The summed E-state index contributed by atoms with van der Waals surface area (Å²) in [7, 11) is 1.53. The van der Waals surface area contributed by atoms with E-state index in [4.69, 9.17) is 21.1 Å². The van der Waals surface area contributed by atoms with Crippen molar-refractivity contribution < 1.29 is 14.3 Å². The number of carbonyl (C=O) groups excluding carboxylic acids is 1. The molecule has 2 aromatic carbocycles. The third kappa shape index (κ3) is 3.40. The van der Waals surface area contributed by atoms with Crippen LogP contribution in [0.4, 0.5) is 0 Å². The fourth-order valence-corrected chi connectivity index (χ4v) is 3.27. The van der Waals surface area contributed by atoms with Crippen LogP contribution in [0.2, 0.25) is 5.02 Å². The highest BCUT2D eigenvalue weighted by Crippen LogP contribution is 2.36. The lowest BCUT2D eigenvalue weighted by Crippen LogP contribution is -2.43. The van der Waals surface area contributed by atoms with Gasteiger partial charge in [0.2, 0.25) is 0 Å². The van der Waals surface area contributed by atoms with E-state index in [1.54, 1.807) is 18.2 Å². The van der Waals surface area contributed by atoms with Crippen molar-refractivity contribution in [1.82, 2.24) is 5.32 Å². The van der Waals surface area contributed by atoms with Crippen molar-refractivity contribution >= 4 is 17.6 Å². The number of esters is 1. The molecule has 0 unspecified atom stereocenters. The van der Waals surface area contributed by atoms with Gasteiger partial charge in [0.1, 0.15) is 16.9 Å². The summed E-state index contributed by atoms with van der Waals surface area (Å²) in [5.41, 5.74) is 0.733. The minimum Gasteiger partial charge on any atom is -0.496 e. The van der Waals surface area contributed by atoms with Gasteiger partial charge in [-0.3, -0.25) is 0 Å². The lowest BCUT2D eigenvalue weighted by molar-refractivity contribution is -0.0380. The third-order valence-corrected chi connectivity index (χ3v) is 4.62. The quantitative estimate of drug-likeness (QED) is 0.857. The minimum absolute atomic E-state index is 0.346. The molecule has 1 N–H and O–H groups in total. The van der Waals surface area contributed by atoms with Crippen LogP contribution in [0.25, 0.3) is 0 Å². The molecule has 0 spiro atoms. The summed E-state index contributed by atoms with van der Waals surface area (Å²) >= 11 is 6.04. The Kier molecular flexibility index (Phi) is 5.07. The van der Waals surface area contributed by atoms with Crippen LogP contribution >= 0.6 is 11.6 Å². The zero-order valence-electron chi connectivity index (χ0n) is 13.5. The predicted molar refractivity (Wildman–Crippen MR) is 93.6 cm³/mol. The van der Waals surface area contributed by atoms with Crippen molar-refractivity contribution in [3.63, 3.8) is 0 Å². The monoisotopic (exact) mass is 345 g/mol. The number of hydrogen-bond acceptors (Lipinski definition) is 4. The second-order valence-corrected chi connectivity index (χ2v) is 6.28. The SMILES string of the molecule is COc1ccc(Cl)cc1C(=O)OC1(c2ccccc2)CCNCC1. The molecule has 1 aliphatic heterocycles. The van der Waals surface area contributed by atoms with Crippen LogP contribution in [-0.2, 0) is 10.3 Å². The van der Waals surface area contributed by atoms with E-state index in [-0.39, 0.29) is 0 Å². The van der Waals surface area contributed by atoms with E-state index in [0.29, 0.717) is 16.3 Å². The summed E-state index contributed by atoms with van der Waals surface area (Å²) in [6.45, 7) is 1.60. The Morgan fingerprint density at radius 2 is 1.83 bits per heavy atom. The normalized spacial score (nSPS) is 16.4. The highest BCUT2D eigenvalue weighted by Gasteiger charge is 2.38. The average molecular weight is 346 g/mol. The molecule has 1 fully saturated rings. The maximum absolute atomic E-state index is 12.8. The molecule has 0 amide bonds. The highest BCUT2D eigenvalue weighted by atomic mass is 35.5. The largest absolute Gasteiger partial charge is 0.496 e. The highest BCUT2D eigenvalue weighted by molar-refractivity contribution is 6.31. The number of nitrogens with one attached hydrogen (secondary N) is 1. The van der Waals surface area contributed by atoms with Crippen LogP contribution in [0, 0.1) is 0 Å². The molecule has 1 aliphatic rings. The fourth-order valence-electron chi connectivity index (χ4n) is 3.09. The van der Waals surface area contributed by atoms with E-state index >= 15 is 0 Å². The van der Waals surface area contributed by atoms with Gasteiger partial charge < -0.3 is 14.8 Å². The van der Waals surface area contributed by atoms with Crippen molar-refractivity contribution in [2.24, 2.45) is 0 Å². The number of rotatable bonds is 4. The van der Waals surface area contributed by atoms with Crippen LogP contribution < -0.4 is 10.1 Å². The third-order valence-electron chi connectivity index (χ3n) is 4.38. The molecule has 0 atom stereocenters. The van der Waals surface area contributed by atoms with Gasteiger partial charge in [0.05, 0.1) is 7.11 Å². The number of halogens is 1. The Morgan fingerprint density at radius 1 is 1.12 bits per heavy atom. The number of ether oxygens (including phenoxy) is 2. The number of methoxy groups -OCH3 is 1. The topological polar surface area (TPSA) is 47.6 Å². The van der Waals surface area contributed by atoms with E-state index in [1.807, 2.05) is 30.3 Å². The molecule has 24 heavy (non-hydrogen) atoms. The maximum Gasteiger partial charge on any atom is 0.342 e. The Bertz CT molecular complexity index is 712. The van der Waals surface area contributed by atoms with Gasteiger partial charge in [-0.1, -0.05) is 41.9 Å². The van der Waals surface area contributed by atoms with Crippen LogP contribution in [0.1, 0.15) is 28.8 Å². The van der Waals surface area contributed by atoms with Gasteiger partial charge in [-0.25, -0.2) is 4.79 Å². The lowest BCUT2D eigenvalue weighted by Gasteiger charge is -2.37. The van der Waals surface area contributed by atoms with Gasteiger partial charge in [0.15, 0.2) is 0 Å². The molecule has 4 nitrogen and oxygen atoms in total. The molecule has 3 rings (SSSR count). The molecule has 0 aliphatic carbocycles. The van der Waals surface area contributed by atoms with E-state index in [1.165, 1.54) is 7.11 Å². The fraction of sp³-hybridized carbons (Fsp3) is 0.316. The average Bonchev–Trinajstić information content (AvgIpc) is 2.63. The summed E-state index contributed by atoms with van der Waals surface area (Å²) in [6, 6.07) is 14.9. The summed E-state index contributed by atoms with van der Waals surface area (Å²) in [5.74, 6) is 0.0432. The Labute approximate surface area is 146 Å². The smallest absolute Gasteiger partial charge is 0.342 e. The van der Waals surface area contributed by atoms with Crippen LogP contribution in [0.5, 0.6) is 5.75 Å². The maximum atomic E-state index is 12.8. The lowest BCUT2D eigenvalue weighted by atomic mass is 9.84. The first-order chi connectivity index (χ1) is 11.6. The molecule has 1 saturated heterocycles. The van der Waals surface area contributed by atoms with Gasteiger partial charge in [0, 0.05) is 17.9 Å². The van der Waals surface area contributed by atoms with E-state index in [0.717, 1.165) is 31.5 Å². The molecule has 0 saturated carbocycles. The Morgan fingerprint density at radius 3 is 2.50 bits per heavy atom. The van der Waals surface area contributed by atoms with Crippen molar-refractivity contribution in [3.8, 4) is 5.75 Å². The standard InChI is InChI=1S/C19H20ClNO3/c1-23-17-8-7-15(20)13-16(17)18(22)24-19(9-11-21-12-10-19)14-5-3-2-4-6-14/h2-8,13,21H,9-12H2,1H3. The molecule has 1 heterocycles. The summed E-state index contributed by atoms with van der Waals surface area (Å²) in [5, 5.41) is 3.79. The molecule has 0 bridgehead atoms. The molecule has 0 aromatic heterocycles. The number of piperidine rings is 1. The summed E-state index contributed by atoms with van der Waals surface area (Å²) < 4.78 is 11.3. The van der Waals surface area contributed by atoms with Crippen molar-refractivity contribution in [2.45, 2.75) is 18.4 Å². The number of hydrogen-bond donors (Lipinski definition) is 1. The summed E-state index contributed by atoms with van der Waals surface area (Å²) in [6.07, 6.45) is 1.46. The van der Waals surface area contributed by atoms with Crippen LogP contribution in [0.3, 0.4) is 0 Å². The second-order valence-electron chi connectivity index (χ2n) is 5.84. The molecule has 0 radical (unpaired) electrons. The van der Waals surface area contributed by atoms with Crippen molar-refractivity contribution in [2.75, 3.05) is 20.2 Å². The zero-order chi connectivity index (χ0) is 17.0. The first-order valence-corrected chi connectivity index (χ1v) is 8.35. The molecule has 126 valence electrons. The van der Waals surface area contributed by atoms with E-state index in [9.17, 15) is 4.79 Å². The molecular weight excluding hydrogens is 326 g/mol. The van der Waals surface area contributed by atoms with E-state index < -0.39 is 11.6 Å². The number of carbonyl (C=O) groups is 1. The first kappa shape index (κ1) is 16.8. The van der Waals surface area contributed by atoms with Gasteiger partial charge >= 0.3 is 5.97 Å². The van der Waals surface area contributed by atoms with Crippen LogP contribution in [-0.4, -0.2) is 26.2 Å². The number of benzene rings is 2. The molecule has 5 heteroatoms. The molecular formula is C19H20ClNO3. The predicted octanol–water partition coefficient (Wildman–Crippen LogP) is 3.78. The van der Waals surface area contributed by atoms with Gasteiger partial charge in [-0.2, -0.15) is 0 Å². The van der Waals surface area contributed by atoms with Gasteiger partial charge in [0.25, 0.3) is 0 Å². The van der Waals surface area contributed by atoms with Crippen molar-refractivity contribution in [1.29, 1.82) is 0 Å². The van der Waals surface area contributed by atoms with Crippen LogP contribution in [0.15, 0.2) is 48.5 Å². The summed E-state index contributed by atoms with van der Waals surface area (Å²) in [4.78, 5) is 12.8. The van der Waals surface area contributed by atoms with E-state index in [2.05, 4.69) is 5.32 Å². The zero-order valence-corrected chi connectivity index (χ0v) is 14.3. The first-order valence-electron chi connectivity index (χ1n) is 7.98. The van der Waals surface area contributed by atoms with Crippen molar-refractivity contribution in [3.05, 3.63) is 64.7 Å². The second kappa shape index (κ2) is 7.24. The van der Waals surface area contributed by atoms with Gasteiger partial charge in [-0.15, -0.1) is 0 Å². The Balaban J connectivity index is 1.94.